The molecule has 4 aromatic rings. The maximum Gasteiger partial charge on any atom is 0.180 e. The topological polar surface area (TPSA) is 93.7 Å². The summed E-state index contributed by atoms with van der Waals surface area (Å²) in [6, 6.07) is 16.0. The molecule has 0 aliphatic rings. The lowest BCUT2D eigenvalue weighted by Crippen LogP contribution is -2.07. The number of ether oxygens (including phenoxy) is 1. The zero-order valence-corrected chi connectivity index (χ0v) is 17.2. The van der Waals surface area contributed by atoms with E-state index in [1.165, 1.54) is 0 Å². The number of H-pyrrole nitrogens is 1. The van der Waals surface area contributed by atoms with Gasteiger partial charge in [-0.05, 0) is 54.0 Å². The number of tetrazole rings is 1. The Morgan fingerprint density at radius 2 is 1.73 bits per heavy atom. The Hall–Kier alpha value is -3.87. The molecule has 2 heterocycles. The molecule has 2 aromatic heterocycles. The second-order valence-electron chi connectivity index (χ2n) is 7.00. The van der Waals surface area contributed by atoms with Gasteiger partial charge in [0.15, 0.2) is 11.6 Å². The third kappa shape index (κ3) is 3.34. The lowest BCUT2D eigenvalue weighted by Gasteiger charge is -2.18. The Kier molecular flexibility index (Phi) is 5.10. The molecule has 7 nitrogen and oxygen atoms in total. The number of pyridine rings is 1. The molecule has 0 amide bonds. The van der Waals surface area contributed by atoms with E-state index >= 15 is 0 Å². The van der Waals surface area contributed by atoms with Gasteiger partial charge in [-0.25, -0.2) is 5.10 Å². The molecule has 0 aliphatic heterocycles. The molecule has 0 bridgehead atoms. The summed E-state index contributed by atoms with van der Waals surface area (Å²) in [5.74, 6) is 1.06. The third-order valence-electron chi connectivity index (χ3n) is 5.05. The van der Waals surface area contributed by atoms with Gasteiger partial charge in [-0.2, -0.15) is 0 Å². The summed E-state index contributed by atoms with van der Waals surface area (Å²) in [5.41, 5.74) is 6.34. The molecular weight excluding hydrogens is 378 g/mol. The average molecular weight is 399 g/mol. The summed E-state index contributed by atoms with van der Waals surface area (Å²) in [6.07, 6.45) is 0. The van der Waals surface area contributed by atoms with Crippen LogP contribution in [0.4, 0.5) is 0 Å². The van der Waals surface area contributed by atoms with Gasteiger partial charge in [0, 0.05) is 16.8 Å². The lowest BCUT2D eigenvalue weighted by atomic mass is 9.90. The van der Waals surface area contributed by atoms with Gasteiger partial charge in [0.05, 0.1) is 18.4 Å². The highest BCUT2D eigenvalue weighted by Gasteiger charge is 2.22. The SMILES string of the molecule is COc1c(C)nc(C)c(C(C)=O)c1-c1ccc(-c2ccccc2)c(-c2nnn[nH]2)c1. The summed E-state index contributed by atoms with van der Waals surface area (Å²) >= 11 is 0. The van der Waals surface area contributed by atoms with E-state index in [1.54, 1.807) is 14.0 Å². The van der Waals surface area contributed by atoms with Crippen molar-refractivity contribution >= 4 is 5.78 Å². The molecule has 0 saturated carbocycles. The van der Waals surface area contributed by atoms with Crippen molar-refractivity contribution in [2.75, 3.05) is 7.11 Å². The second-order valence-corrected chi connectivity index (χ2v) is 7.00. The second kappa shape index (κ2) is 7.87. The first-order chi connectivity index (χ1) is 14.5. The van der Waals surface area contributed by atoms with Crippen LogP contribution in [0.5, 0.6) is 5.75 Å². The Labute approximate surface area is 174 Å². The van der Waals surface area contributed by atoms with Crippen molar-refractivity contribution in [3.8, 4) is 39.4 Å². The van der Waals surface area contributed by atoms with E-state index in [9.17, 15) is 4.79 Å². The van der Waals surface area contributed by atoms with Crippen molar-refractivity contribution in [2.45, 2.75) is 20.8 Å². The summed E-state index contributed by atoms with van der Waals surface area (Å²) in [5, 5.41) is 14.4. The number of rotatable bonds is 5. The fourth-order valence-electron chi connectivity index (χ4n) is 3.83. The molecular formula is C23H21N5O2. The van der Waals surface area contributed by atoms with E-state index in [2.05, 4.69) is 25.6 Å². The lowest BCUT2D eigenvalue weighted by molar-refractivity contribution is 0.101. The van der Waals surface area contributed by atoms with Gasteiger partial charge in [0.25, 0.3) is 0 Å². The van der Waals surface area contributed by atoms with Crippen molar-refractivity contribution in [2.24, 2.45) is 0 Å². The van der Waals surface area contributed by atoms with E-state index in [4.69, 9.17) is 4.74 Å². The van der Waals surface area contributed by atoms with Crippen LogP contribution < -0.4 is 4.74 Å². The first kappa shape index (κ1) is 19.4. The van der Waals surface area contributed by atoms with Crippen molar-refractivity contribution in [3.05, 3.63) is 65.5 Å². The number of carbonyl (C=O) groups is 1. The van der Waals surface area contributed by atoms with Crippen LogP contribution in [0.25, 0.3) is 33.6 Å². The van der Waals surface area contributed by atoms with Gasteiger partial charge in [0.1, 0.15) is 5.75 Å². The number of nitrogens with zero attached hydrogens (tertiary/aromatic N) is 4. The van der Waals surface area contributed by atoms with E-state index < -0.39 is 0 Å². The number of hydrogen-bond acceptors (Lipinski definition) is 6. The molecule has 1 N–H and O–H groups in total. The number of aromatic amines is 1. The largest absolute Gasteiger partial charge is 0.494 e. The highest BCUT2D eigenvalue weighted by atomic mass is 16.5. The highest BCUT2D eigenvalue weighted by Crippen LogP contribution is 2.40. The molecule has 2 aromatic carbocycles. The van der Waals surface area contributed by atoms with Crippen LogP contribution in [0, 0.1) is 13.8 Å². The van der Waals surface area contributed by atoms with Crippen molar-refractivity contribution in [1.29, 1.82) is 0 Å². The van der Waals surface area contributed by atoms with Gasteiger partial charge < -0.3 is 4.74 Å². The molecule has 150 valence electrons. The molecule has 0 atom stereocenters. The molecule has 0 spiro atoms. The summed E-state index contributed by atoms with van der Waals surface area (Å²) in [6.45, 7) is 5.26. The monoisotopic (exact) mass is 399 g/mol. The standard InChI is InChI=1S/C23H21N5O2/c1-13-20(15(3)29)21(22(30-4)14(2)24-13)17-10-11-18(16-8-6-5-7-9-16)19(12-17)23-25-27-28-26-23/h5-12H,1-4H3,(H,25,26,27,28). The fraction of sp³-hybridized carbons (Fsp3) is 0.174. The molecule has 0 saturated heterocycles. The Morgan fingerprint density at radius 3 is 2.37 bits per heavy atom. The number of aromatic nitrogens is 5. The summed E-state index contributed by atoms with van der Waals surface area (Å²) in [4.78, 5) is 17.0. The van der Waals surface area contributed by atoms with Gasteiger partial charge in [-0.1, -0.05) is 42.5 Å². The first-order valence-electron chi connectivity index (χ1n) is 9.51. The van der Waals surface area contributed by atoms with Crippen LogP contribution in [-0.4, -0.2) is 38.5 Å². The van der Waals surface area contributed by atoms with E-state index in [0.717, 1.165) is 33.5 Å². The number of aryl methyl sites for hydroxylation is 2. The molecule has 7 heteroatoms. The van der Waals surface area contributed by atoms with Gasteiger partial charge >= 0.3 is 0 Å². The molecule has 0 radical (unpaired) electrons. The number of benzene rings is 2. The number of hydrogen-bond donors (Lipinski definition) is 1. The van der Waals surface area contributed by atoms with E-state index in [1.807, 2.05) is 62.4 Å². The van der Waals surface area contributed by atoms with Crippen LogP contribution in [0.2, 0.25) is 0 Å². The number of carbonyl (C=O) groups excluding carboxylic acids is 1. The van der Waals surface area contributed by atoms with Crippen molar-refractivity contribution in [1.82, 2.24) is 25.6 Å². The maximum absolute atomic E-state index is 12.5. The smallest absolute Gasteiger partial charge is 0.180 e. The van der Waals surface area contributed by atoms with Gasteiger partial charge in [0.2, 0.25) is 0 Å². The fourth-order valence-corrected chi connectivity index (χ4v) is 3.83. The van der Waals surface area contributed by atoms with Crippen molar-refractivity contribution in [3.63, 3.8) is 0 Å². The molecule has 4 rings (SSSR count). The minimum atomic E-state index is -0.0664. The normalized spacial score (nSPS) is 10.8. The van der Waals surface area contributed by atoms with Crippen molar-refractivity contribution < 1.29 is 9.53 Å². The first-order valence-corrected chi connectivity index (χ1v) is 9.51. The predicted octanol–water partition coefficient (Wildman–Crippen LogP) is 4.42. The van der Waals surface area contributed by atoms with E-state index in [-0.39, 0.29) is 5.78 Å². The molecule has 0 unspecified atom stereocenters. The number of methoxy groups -OCH3 is 1. The predicted molar refractivity (Wildman–Crippen MR) is 114 cm³/mol. The van der Waals surface area contributed by atoms with Gasteiger partial charge in [-0.15, -0.1) is 5.10 Å². The van der Waals surface area contributed by atoms with Crippen LogP contribution in [0.1, 0.15) is 28.7 Å². The van der Waals surface area contributed by atoms with Crippen LogP contribution >= 0.6 is 0 Å². The minimum Gasteiger partial charge on any atom is -0.494 e. The average Bonchev–Trinajstić information content (AvgIpc) is 3.28. The summed E-state index contributed by atoms with van der Waals surface area (Å²) < 4.78 is 5.66. The summed E-state index contributed by atoms with van der Waals surface area (Å²) in [7, 11) is 1.59. The van der Waals surface area contributed by atoms with Crippen LogP contribution in [0.15, 0.2) is 48.5 Å². The molecule has 0 aliphatic carbocycles. The van der Waals surface area contributed by atoms with Gasteiger partial charge in [-0.3, -0.25) is 9.78 Å². The Balaban J connectivity index is 2.03. The van der Waals surface area contributed by atoms with Crippen LogP contribution in [-0.2, 0) is 0 Å². The quantitative estimate of drug-likeness (QED) is 0.499. The number of ketones is 1. The van der Waals surface area contributed by atoms with Crippen LogP contribution in [0.3, 0.4) is 0 Å². The molecule has 30 heavy (non-hydrogen) atoms. The number of Topliss-reactive ketones (excluding diaryl/α,β-unsaturated/α-hetero) is 1. The third-order valence-corrected chi connectivity index (χ3v) is 5.05. The number of nitrogens with one attached hydrogen (secondary N) is 1. The van der Waals surface area contributed by atoms with E-state index in [0.29, 0.717) is 22.8 Å². The Morgan fingerprint density at radius 1 is 0.967 bits per heavy atom. The zero-order valence-electron chi connectivity index (χ0n) is 17.2. The maximum atomic E-state index is 12.5. The highest BCUT2D eigenvalue weighted by molar-refractivity contribution is 6.04. The minimum absolute atomic E-state index is 0.0664. The zero-order chi connectivity index (χ0) is 21.3. The molecule has 0 fully saturated rings. The Bertz CT molecular complexity index is 1220.